The molecule has 0 bridgehead atoms. The van der Waals surface area contributed by atoms with E-state index in [0.717, 1.165) is 0 Å². The Morgan fingerprint density at radius 2 is 2.16 bits per heavy atom. The highest BCUT2D eigenvalue weighted by atomic mass is 16.6. The topological polar surface area (TPSA) is 82.3 Å². The zero-order valence-corrected chi connectivity index (χ0v) is 10.1. The van der Waals surface area contributed by atoms with Crippen molar-refractivity contribution in [3.05, 3.63) is 57.9 Å². The lowest BCUT2D eigenvalue weighted by Gasteiger charge is -2.08. The smallest absolute Gasteiger partial charge is 0.276 e. The molecule has 1 aromatic heterocycles. The number of nitrogens with zero attached hydrogens (tertiary/aromatic N) is 2. The summed E-state index contributed by atoms with van der Waals surface area (Å²) >= 11 is 0. The number of rotatable bonds is 4. The summed E-state index contributed by atoms with van der Waals surface area (Å²) in [4.78, 5) is 24.8. The minimum absolute atomic E-state index is 0.0167. The Morgan fingerprint density at radius 3 is 2.84 bits per heavy atom. The van der Waals surface area contributed by atoms with Crippen molar-refractivity contribution in [2.45, 2.75) is 6.92 Å². The molecule has 0 amide bonds. The lowest BCUT2D eigenvalue weighted by atomic mass is 10.2. The number of aldehydes is 1. The SMILES string of the molecule is Cc1c(Oc2cncc(C=O)c2)cccc1[N+](=O)[O-]. The number of hydrogen-bond donors (Lipinski definition) is 0. The molecule has 0 aliphatic heterocycles. The number of benzene rings is 1. The van der Waals surface area contributed by atoms with Crippen LogP contribution in [0.4, 0.5) is 5.69 Å². The number of nitro benzene ring substituents is 1. The molecule has 0 atom stereocenters. The van der Waals surface area contributed by atoms with E-state index in [9.17, 15) is 14.9 Å². The van der Waals surface area contributed by atoms with Crippen molar-refractivity contribution in [2.24, 2.45) is 0 Å². The van der Waals surface area contributed by atoms with Crippen molar-refractivity contribution in [3.63, 3.8) is 0 Å². The summed E-state index contributed by atoms with van der Waals surface area (Å²) in [6.45, 7) is 1.60. The van der Waals surface area contributed by atoms with Gasteiger partial charge >= 0.3 is 0 Å². The van der Waals surface area contributed by atoms with E-state index in [2.05, 4.69) is 4.98 Å². The second kappa shape index (κ2) is 5.26. The van der Waals surface area contributed by atoms with Crippen LogP contribution in [0, 0.1) is 17.0 Å². The minimum Gasteiger partial charge on any atom is -0.455 e. The summed E-state index contributed by atoms with van der Waals surface area (Å²) < 4.78 is 5.52. The van der Waals surface area contributed by atoms with Gasteiger partial charge in [-0.1, -0.05) is 6.07 Å². The molecule has 1 heterocycles. The van der Waals surface area contributed by atoms with E-state index in [1.54, 1.807) is 13.0 Å². The van der Waals surface area contributed by atoms with E-state index < -0.39 is 4.92 Å². The number of pyridine rings is 1. The highest BCUT2D eigenvalue weighted by Gasteiger charge is 2.14. The van der Waals surface area contributed by atoms with Crippen LogP contribution in [0.25, 0.3) is 0 Å². The fraction of sp³-hybridized carbons (Fsp3) is 0.0769. The van der Waals surface area contributed by atoms with Gasteiger partial charge in [0, 0.05) is 17.8 Å². The summed E-state index contributed by atoms with van der Waals surface area (Å²) in [5.74, 6) is 0.715. The first-order valence-corrected chi connectivity index (χ1v) is 5.44. The number of carbonyl (C=O) groups excluding carboxylic acids is 1. The van der Waals surface area contributed by atoms with Gasteiger partial charge in [0.25, 0.3) is 5.69 Å². The van der Waals surface area contributed by atoms with Gasteiger partial charge in [-0.15, -0.1) is 0 Å². The fourth-order valence-electron chi connectivity index (χ4n) is 1.59. The highest BCUT2D eigenvalue weighted by molar-refractivity contribution is 5.74. The molecule has 6 heteroatoms. The average molecular weight is 258 g/mol. The summed E-state index contributed by atoms with van der Waals surface area (Å²) in [6, 6.07) is 6.08. The van der Waals surface area contributed by atoms with E-state index in [-0.39, 0.29) is 5.69 Å². The molecule has 0 aliphatic rings. The minimum atomic E-state index is -0.470. The van der Waals surface area contributed by atoms with Crippen molar-refractivity contribution in [3.8, 4) is 11.5 Å². The third-order valence-corrected chi connectivity index (χ3v) is 2.55. The largest absolute Gasteiger partial charge is 0.455 e. The monoisotopic (exact) mass is 258 g/mol. The lowest BCUT2D eigenvalue weighted by Crippen LogP contribution is -1.95. The number of carbonyl (C=O) groups is 1. The quantitative estimate of drug-likeness (QED) is 0.478. The summed E-state index contributed by atoms with van der Waals surface area (Å²) in [6.07, 6.45) is 3.49. The molecule has 0 saturated heterocycles. The summed E-state index contributed by atoms with van der Waals surface area (Å²) in [7, 11) is 0. The Morgan fingerprint density at radius 1 is 1.37 bits per heavy atom. The van der Waals surface area contributed by atoms with E-state index in [0.29, 0.717) is 28.9 Å². The first-order chi connectivity index (χ1) is 9.11. The zero-order chi connectivity index (χ0) is 13.8. The molecular weight excluding hydrogens is 248 g/mol. The van der Waals surface area contributed by atoms with Gasteiger partial charge in [0.1, 0.15) is 11.5 Å². The molecule has 0 radical (unpaired) electrons. The van der Waals surface area contributed by atoms with Crippen LogP contribution in [-0.2, 0) is 0 Å². The molecular formula is C13H10N2O4. The van der Waals surface area contributed by atoms with Crippen molar-refractivity contribution >= 4 is 12.0 Å². The van der Waals surface area contributed by atoms with Crippen LogP contribution >= 0.6 is 0 Å². The molecule has 96 valence electrons. The van der Waals surface area contributed by atoms with Gasteiger partial charge in [-0.3, -0.25) is 19.9 Å². The molecule has 2 rings (SSSR count). The highest BCUT2D eigenvalue weighted by Crippen LogP contribution is 2.30. The van der Waals surface area contributed by atoms with Gasteiger partial charge in [0.2, 0.25) is 0 Å². The molecule has 0 unspecified atom stereocenters. The maximum Gasteiger partial charge on any atom is 0.276 e. The molecule has 0 spiro atoms. The number of aromatic nitrogens is 1. The normalized spacial score (nSPS) is 9.95. The Hall–Kier alpha value is -2.76. The van der Waals surface area contributed by atoms with Crippen LogP contribution in [0.2, 0.25) is 0 Å². The van der Waals surface area contributed by atoms with Gasteiger partial charge in [-0.2, -0.15) is 0 Å². The van der Waals surface area contributed by atoms with Crippen LogP contribution in [0.3, 0.4) is 0 Å². The number of hydrogen-bond acceptors (Lipinski definition) is 5. The predicted molar refractivity (Wildman–Crippen MR) is 67.5 cm³/mol. The van der Waals surface area contributed by atoms with Gasteiger partial charge in [0.15, 0.2) is 6.29 Å². The van der Waals surface area contributed by atoms with Gasteiger partial charge in [-0.25, -0.2) is 0 Å². The molecule has 0 N–H and O–H groups in total. The van der Waals surface area contributed by atoms with Gasteiger partial charge in [-0.05, 0) is 19.1 Å². The third-order valence-electron chi connectivity index (χ3n) is 2.55. The van der Waals surface area contributed by atoms with Crippen molar-refractivity contribution in [2.75, 3.05) is 0 Å². The summed E-state index contributed by atoms with van der Waals surface area (Å²) in [5, 5.41) is 10.8. The zero-order valence-electron chi connectivity index (χ0n) is 10.1. The van der Waals surface area contributed by atoms with Crippen molar-refractivity contribution < 1.29 is 14.5 Å². The van der Waals surface area contributed by atoms with Crippen LogP contribution < -0.4 is 4.74 Å². The maximum atomic E-state index is 10.8. The van der Waals surface area contributed by atoms with Gasteiger partial charge in [0.05, 0.1) is 16.7 Å². The number of nitro groups is 1. The second-order valence-corrected chi connectivity index (χ2v) is 3.83. The average Bonchev–Trinajstić information content (AvgIpc) is 2.41. The first-order valence-electron chi connectivity index (χ1n) is 5.44. The van der Waals surface area contributed by atoms with Crippen molar-refractivity contribution in [1.29, 1.82) is 0 Å². The van der Waals surface area contributed by atoms with E-state index in [4.69, 9.17) is 4.74 Å². The van der Waals surface area contributed by atoms with E-state index in [1.165, 1.54) is 30.6 Å². The molecule has 1 aromatic carbocycles. The Bertz CT molecular complexity index is 640. The van der Waals surface area contributed by atoms with E-state index in [1.807, 2.05) is 0 Å². The van der Waals surface area contributed by atoms with Crippen LogP contribution in [0.15, 0.2) is 36.7 Å². The Labute approximate surface area is 108 Å². The van der Waals surface area contributed by atoms with Gasteiger partial charge < -0.3 is 4.74 Å². The molecule has 0 fully saturated rings. The molecule has 0 aliphatic carbocycles. The fourth-order valence-corrected chi connectivity index (χ4v) is 1.59. The lowest BCUT2D eigenvalue weighted by molar-refractivity contribution is -0.385. The van der Waals surface area contributed by atoms with Crippen LogP contribution in [-0.4, -0.2) is 16.2 Å². The molecule has 0 saturated carbocycles. The summed E-state index contributed by atoms with van der Waals surface area (Å²) in [5.41, 5.74) is 0.779. The maximum absolute atomic E-state index is 10.8. The van der Waals surface area contributed by atoms with Crippen molar-refractivity contribution in [1.82, 2.24) is 4.98 Å². The molecule has 19 heavy (non-hydrogen) atoms. The number of ether oxygens (including phenoxy) is 1. The third kappa shape index (κ3) is 2.74. The Kier molecular flexibility index (Phi) is 3.51. The first kappa shape index (κ1) is 12.7. The van der Waals surface area contributed by atoms with Crippen LogP contribution in [0.1, 0.15) is 15.9 Å². The molecule has 2 aromatic rings. The van der Waals surface area contributed by atoms with Crippen LogP contribution in [0.5, 0.6) is 11.5 Å². The Balaban J connectivity index is 2.35. The standard InChI is InChI=1S/C13H10N2O4/c1-9-12(15(17)18)3-2-4-13(9)19-11-5-10(8-16)6-14-7-11/h2-8H,1H3. The van der Waals surface area contributed by atoms with E-state index >= 15 is 0 Å². The second-order valence-electron chi connectivity index (χ2n) is 3.83. The predicted octanol–water partition coefficient (Wildman–Crippen LogP) is 2.90. The molecule has 6 nitrogen and oxygen atoms in total.